The van der Waals surface area contributed by atoms with Crippen molar-refractivity contribution < 1.29 is 0 Å². The fourth-order valence-electron chi connectivity index (χ4n) is 2.29. The molecule has 0 amide bonds. The summed E-state index contributed by atoms with van der Waals surface area (Å²) in [6.45, 7) is 13.0. The molecule has 2 atom stereocenters. The summed E-state index contributed by atoms with van der Waals surface area (Å²) in [5, 5.41) is 3.60. The van der Waals surface area contributed by atoms with Gasteiger partial charge in [-0.3, -0.25) is 4.90 Å². The molecule has 1 saturated heterocycles. The molecule has 0 aliphatic carbocycles. The Kier molecular flexibility index (Phi) is 5.62. The normalized spacial score (nSPS) is 24.0. The smallest absolute Gasteiger partial charge is 0.0218 e. The van der Waals surface area contributed by atoms with Gasteiger partial charge >= 0.3 is 0 Å². The molecule has 1 rings (SSSR count). The summed E-state index contributed by atoms with van der Waals surface area (Å²) in [7, 11) is 0. The Balaban J connectivity index is 2.29. The number of nitrogens with zero attached hydrogens (tertiary/aromatic N) is 1. The fraction of sp³-hybridized carbons (Fsp3) is 1.00. The highest BCUT2D eigenvalue weighted by molar-refractivity contribution is 4.81. The van der Waals surface area contributed by atoms with Crippen molar-refractivity contribution in [3.63, 3.8) is 0 Å². The maximum absolute atomic E-state index is 3.60. The van der Waals surface area contributed by atoms with Gasteiger partial charge in [0, 0.05) is 12.1 Å². The molecule has 0 spiro atoms. The second-order valence-electron chi connectivity index (χ2n) is 5.20. The van der Waals surface area contributed by atoms with Crippen molar-refractivity contribution in [1.82, 2.24) is 10.2 Å². The van der Waals surface area contributed by atoms with E-state index < -0.39 is 0 Å². The third-order valence-corrected chi connectivity index (χ3v) is 3.83. The van der Waals surface area contributed by atoms with Crippen LogP contribution < -0.4 is 5.32 Å². The summed E-state index contributed by atoms with van der Waals surface area (Å²) in [6, 6.07) is 1.31. The molecule has 0 radical (unpaired) electrons. The highest BCUT2D eigenvalue weighted by Crippen LogP contribution is 2.19. The molecule has 1 fully saturated rings. The molecule has 2 unspecified atom stereocenters. The van der Waals surface area contributed by atoms with Crippen molar-refractivity contribution in [1.29, 1.82) is 0 Å². The highest BCUT2D eigenvalue weighted by atomic mass is 15.2. The second-order valence-corrected chi connectivity index (χ2v) is 5.20. The molecule has 0 aromatic heterocycles. The van der Waals surface area contributed by atoms with Gasteiger partial charge in [0.05, 0.1) is 0 Å². The molecule has 0 bridgehead atoms. The van der Waals surface area contributed by atoms with Crippen molar-refractivity contribution >= 4 is 0 Å². The lowest BCUT2D eigenvalue weighted by Gasteiger charge is -2.38. The molecule has 1 aliphatic heterocycles. The lowest BCUT2D eigenvalue weighted by atomic mass is 9.97. The molecular weight excluding hydrogens is 184 g/mol. The van der Waals surface area contributed by atoms with Gasteiger partial charge < -0.3 is 5.32 Å². The number of rotatable bonds is 5. The lowest BCUT2D eigenvalue weighted by molar-refractivity contribution is 0.125. The summed E-state index contributed by atoms with van der Waals surface area (Å²) in [5.41, 5.74) is 0. The van der Waals surface area contributed by atoms with E-state index >= 15 is 0 Å². The van der Waals surface area contributed by atoms with Crippen LogP contribution in [0.2, 0.25) is 0 Å². The quantitative estimate of drug-likeness (QED) is 0.753. The van der Waals surface area contributed by atoms with Gasteiger partial charge in [0.15, 0.2) is 0 Å². The Morgan fingerprint density at radius 1 is 1.27 bits per heavy atom. The predicted octanol–water partition coefficient (Wildman–Crippen LogP) is 2.49. The van der Waals surface area contributed by atoms with Crippen LogP contribution in [0.25, 0.3) is 0 Å². The van der Waals surface area contributed by atoms with E-state index in [0.717, 1.165) is 12.5 Å². The van der Waals surface area contributed by atoms with Crippen LogP contribution >= 0.6 is 0 Å². The number of likely N-dealkylation sites (tertiary alicyclic amines) is 1. The summed E-state index contributed by atoms with van der Waals surface area (Å²) < 4.78 is 0. The van der Waals surface area contributed by atoms with Crippen LogP contribution in [0.5, 0.6) is 0 Å². The minimum absolute atomic E-state index is 0.623. The van der Waals surface area contributed by atoms with Crippen LogP contribution in [-0.4, -0.2) is 36.6 Å². The van der Waals surface area contributed by atoms with E-state index in [4.69, 9.17) is 0 Å². The maximum Gasteiger partial charge on any atom is 0.0218 e. The van der Waals surface area contributed by atoms with Gasteiger partial charge in [-0.1, -0.05) is 13.8 Å². The third kappa shape index (κ3) is 4.12. The zero-order valence-electron chi connectivity index (χ0n) is 10.9. The highest BCUT2D eigenvalue weighted by Gasteiger charge is 2.23. The first-order valence-electron chi connectivity index (χ1n) is 6.62. The standard InChI is InChI=1S/C13H28N2/c1-5-8-14-12(3)13(4)15-9-6-11(2)7-10-15/h11-14H,5-10H2,1-4H3. The number of nitrogens with one attached hydrogen (secondary N) is 1. The van der Waals surface area contributed by atoms with Crippen molar-refractivity contribution in [3.05, 3.63) is 0 Å². The first-order chi connectivity index (χ1) is 7.15. The van der Waals surface area contributed by atoms with Gasteiger partial charge in [0.1, 0.15) is 0 Å². The van der Waals surface area contributed by atoms with Crippen LogP contribution in [0.4, 0.5) is 0 Å². The predicted molar refractivity (Wildman–Crippen MR) is 67.2 cm³/mol. The topological polar surface area (TPSA) is 15.3 Å². The molecule has 15 heavy (non-hydrogen) atoms. The Bertz CT molecular complexity index is 162. The zero-order valence-corrected chi connectivity index (χ0v) is 10.9. The summed E-state index contributed by atoms with van der Waals surface area (Å²) >= 11 is 0. The average Bonchev–Trinajstić information content (AvgIpc) is 2.26. The van der Waals surface area contributed by atoms with Crippen molar-refractivity contribution in [2.24, 2.45) is 5.92 Å². The van der Waals surface area contributed by atoms with E-state index in [1.165, 1.54) is 32.4 Å². The monoisotopic (exact) mass is 212 g/mol. The van der Waals surface area contributed by atoms with Crippen LogP contribution in [0.3, 0.4) is 0 Å². The van der Waals surface area contributed by atoms with Gasteiger partial charge in [-0.15, -0.1) is 0 Å². The van der Waals surface area contributed by atoms with Crippen LogP contribution in [-0.2, 0) is 0 Å². The first-order valence-corrected chi connectivity index (χ1v) is 6.62. The van der Waals surface area contributed by atoms with Gasteiger partial charge in [0.25, 0.3) is 0 Å². The molecule has 90 valence electrons. The molecule has 1 heterocycles. The van der Waals surface area contributed by atoms with Gasteiger partial charge in [0.2, 0.25) is 0 Å². The SMILES string of the molecule is CCCNC(C)C(C)N1CCC(C)CC1. The molecule has 0 aromatic carbocycles. The number of hydrogen-bond acceptors (Lipinski definition) is 2. The van der Waals surface area contributed by atoms with Gasteiger partial charge in [-0.05, 0) is 58.7 Å². The van der Waals surface area contributed by atoms with Crippen LogP contribution in [0.15, 0.2) is 0 Å². The number of hydrogen-bond donors (Lipinski definition) is 1. The van der Waals surface area contributed by atoms with E-state index in [-0.39, 0.29) is 0 Å². The van der Waals surface area contributed by atoms with Crippen molar-refractivity contribution in [2.75, 3.05) is 19.6 Å². The maximum atomic E-state index is 3.60. The van der Waals surface area contributed by atoms with Gasteiger partial charge in [-0.25, -0.2) is 0 Å². The van der Waals surface area contributed by atoms with E-state index in [2.05, 4.69) is 37.9 Å². The van der Waals surface area contributed by atoms with E-state index in [0.29, 0.717) is 12.1 Å². The number of piperidine rings is 1. The van der Waals surface area contributed by atoms with Gasteiger partial charge in [-0.2, -0.15) is 0 Å². The third-order valence-electron chi connectivity index (χ3n) is 3.83. The van der Waals surface area contributed by atoms with Crippen molar-refractivity contribution in [3.8, 4) is 0 Å². The summed E-state index contributed by atoms with van der Waals surface area (Å²) in [5.74, 6) is 0.937. The Morgan fingerprint density at radius 2 is 1.87 bits per heavy atom. The lowest BCUT2D eigenvalue weighted by Crippen LogP contribution is -2.49. The Hall–Kier alpha value is -0.0800. The summed E-state index contributed by atoms with van der Waals surface area (Å²) in [4.78, 5) is 2.65. The molecule has 1 aliphatic rings. The Morgan fingerprint density at radius 3 is 2.40 bits per heavy atom. The van der Waals surface area contributed by atoms with E-state index in [1.807, 2.05) is 0 Å². The Labute approximate surface area is 95.4 Å². The molecule has 2 nitrogen and oxygen atoms in total. The molecule has 0 saturated carbocycles. The minimum atomic E-state index is 0.623. The van der Waals surface area contributed by atoms with E-state index in [1.54, 1.807) is 0 Å². The minimum Gasteiger partial charge on any atom is -0.313 e. The molecule has 2 heteroatoms. The summed E-state index contributed by atoms with van der Waals surface area (Å²) in [6.07, 6.45) is 3.99. The average molecular weight is 212 g/mol. The molecule has 1 N–H and O–H groups in total. The van der Waals surface area contributed by atoms with Crippen LogP contribution in [0.1, 0.15) is 47.0 Å². The van der Waals surface area contributed by atoms with Crippen molar-refractivity contribution in [2.45, 2.75) is 59.0 Å². The van der Waals surface area contributed by atoms with Crippen LogP contribution in [0, 0.1) is 5.92 Å². The fourth-order valence-corrected chi connectivity index (χ4v) is 2.29. The first kappa shape index (κ1) is 13.0. The largest absolute Gasteiger partial charge is 0.313 e. The van der Waals surface area contributed by atoms with E-state index in [9.17, 15) is 0 Å². The molecule has 0 aromatic rings. The second kappa shape index (κ2) is 6.49. The molecular formula is C13H28N2. The zero-order chi connectivity index (χ0) is 11.3.